The van der Waals surface area contributed by atoms with Gasteiger partial charge in [0.05, 0.1) is 20.3 Å². The fourth-order valence-electron chi connectivity index (χ4n) is 1.90. The van der Waals surface area contributed by atoms with Crippen LogP contribution in [-0.4, -0.2) is 26.9 Å². The molecule has 2 rings (SSSR count). The molecule has 88 valence electrons. The molecule has 0 spiro atoms. The van der Waals surface area contributed by atoms with Gasteiger partial charge in [-0.2, -0.15) is 0 Å². The summed E-state index contributed by atoms with van der Waals surface area (Å²) in [5.41, 5.74) is 1.52. The minimum Gasteiger partial charge on any atom is -0.496 e. The quantitative estimate of drug-likeness (QED) is 0.822. The maximum absolute atomic E-state index is 5.30. The highest BCUT2D eigenvalue weighted by Crippen LogP contribution is 2.25. The fourth-order valence-corrected chi connectivity index (χ4v) is 1.90. The molecule has 1 aliphatic heterocycles. The van der Waals surface area contributed by atoms with E-state index < -0.39 is 0 Å². The van der Waals surface area contributed by atoms with Gasteiger partial charge in [-0.1, -0.05) is 25.1 Å². The number of para-hydroxylation sites is 1. The lowest BCUT2D eigenvalue weighted by Gasteiger charge is -2.38. The Morgan fingerprint density at radius 1 is 1.38 bits per heavy atom. The second-order valence-electron chi connectivity index (χ2n) is 4.72. The normalized spacial score (nSPS) is 17.9. The van der Waals surface area contributed by atoms with Gasteiger partial charge in [-0.15, -0.1) is 0 Å². The lowest BCUT2D eigenvalue weighted by molar-refractivity contribution is -0.0991. The molecule has 0 unspecified atom stereocenters. The van der Waals surface area contributed by atoms with Gasteiger partial charge in [0.25, 0.3) is 0 Å². The highest BCUT2D eigenvalue weighted by Gasteiger charge is 2.32. The van der Waals surface area contributed by atoms with Gasteiger partial charge in [-0.05, 0) is 6.07 Å². The minimum atomic E-state index is 0.321. The van der Waals surface area contributed by atoms with Crippen molar-refractivity contribution in [3.05, 3.63) is 29.8 Å². The summed E-state index contributed by atoms with van der Waals surface area (Å²) in [6, 6.07) is 8.10. The van der Waals surface area contributed by atoms with E-state index in [1.165, 1.54) is 5.56 Å². The number of benzene rings is 1. The lowest BCUT2D eigenvalue weighted by Crippen LogP contribution is -2.47. The van der Waals surface area contributed by atoms with E-state index in [-0.39, 0.29) is 0 Å². The van der Waals surface area contributed by atoms with Crippen molar-refractivity contribution in [2.45, 2.75) is 13.5 Å². The maximum atomic E-state index is 5.30. The van der Waals surface area contributed by atoms with Gasteiger partial charge in [0.1, 0.15) is 5.75 Å². The van der Waals surface area contributed by atoms with Crippen LogP contribution in [0.15, 0.2) is 24.3 Å². The topological polar surface area (TPSA) is 30.5 Å². The minimum absolute atomic E-state index is 0.321. The van der Waals surface area contributed by atoms with Crippen LogP contribution < -0.4 is 10.1 Å². The van der Waals surface area contributed by atoms with Crippen LogP contribution in [0.3, 0.4) is 0 Å². The molecule has 0 bridgehead atoms. The molecule has 1 fully saturated rings. The molecule has 1 N–H and O–H groups in total. The molecule has 0 radical (unpaired) electrons. The Bertz CT molecular complexity index is 348. The first-order valence-electron chi connectivity index (χ1n) is 5.64. The molecule has 3 heteroatoms. The molecular weight excluding hydrogens is 202 g/mol. The van der Waals surface area contributed by atoms with Crippen molar-refractivity contribution in [2.24, 2.45) is 5.41 Å². The van der Waals surface area contributed by atoms with Gasteiger partial charge < -0.3 is 14.8 Å². The van der Waals surface area contributed by atoms with E-state index in [2.05, 4.69) is 18.3 Å². The summed E-state index contributed by atoms with van der Waals surface area (Å²) in [4.78, 5) is 0. The van der Waals surface area contributed by atoms with Gasteiger partial charge in [0, 0.05) is 24.1 Å². The van der Waals surface area contributed by atoms with E-state index in [0.29, 0.717) is 5.41 Å². The molecular formula is C13H19NO2. The zero-order chi connectivity index (χ0) is 11.4. The van der Waals surface area contributed by atoms with E-state index in [1.54, 1.807) is 7.11 Å². The third-order valence-corrected chi connectivity index (χ3v) is 2.96. The van der Waals surface area contributed by atoms with Gasteiger partial charge in [0.2, 0.25) is 0 Å². The smallest absolute Gasteiger partial charge is 0.123 e. The van der Waals surface area contributed by atoms with Crippen LogP contribution in [0.2, 0.25) is 0 Å². The highest BCUT2D eigenvalue weighted by molar-refractivity contribution is 5.32. The number of hydrogen-bond acceptors (Lipinski definition) is 3. The highest BCUT2D eigenvalue weighted by atomic mass is 16.5. The Labute approximate surface area is 96.8 Å². The molecule has 0 aliphatic carbocycles. The fraction of sp³-hybridized carbons (Fsp3) is 0.538. The van der Waals surface area contributed by atoms with E-state index in [9.17, 15) is 0 Å². The molecule has 16 heavy (non-hydrogen) atoms. The van der Waals surface area contributed by atoms with Crippen LogP contribution in [0.5, 0.6) is 5.75 Å². The van der Waals surface area contributed by atoms with Crippen molar-refractivity contribution in [1.29, 1.82) is 0 Å². The van der Waals surface area contributed by atoms with Gasteiger partial charge in [0.15, 0.2) is 0 Å². The van der Waals surface area contributed by atoms with Crippen LogP contribution in [0.4, 0.5) is 0 Å². The molecule has 0 atom stereocenters. The summed E-state index contributed by atoms with van der Waals surface area (Å²) in [6.45, 7) is 5.81. The van der Waals surface area contributed by atoms with E-state index in [1.807, 2.05) is 18.2 Å². The predicted molar refractivity (Wildman–Crippen MR) is 63.6 cm³/mol. The molecule has 1 aliphatic rings. The molecule has 1 saturated heterocycles. The van der Waals surface area contributed by atoms with Crippen LogP contribution >= 0.6 is 0 Å². The van der Waals surface area contributed by atoms with Crippen molar-refractivity contribution in [3.8, 4) is 5.75 Å². The first kappa shape index (κ1) is 11.4. The van der Waals surface area contributed by atoms with Crippen molar-refractivity contribution >= 4 is 0 Å². The van der Waals surface area contributed by atoms with Crippen LogP contribution in [0.25, 0.3) is 0 Å². The summed E-state index contributed by atoms with van der Waals surface area (Å²) < 4.78 is 10.5. The van der Waals surface area contributed by atoms with Crippen molar-refractivity contribution in [2.75, 3.05) is 26.9 Å². The molecule has 0 aromatic heterocycles. The molecule has 1 aromatic carbocycles. The van der Waals surface area contributed by atoms with Gasteiger partial charge in [-0.25, -0.2) is 0 Å². The number of nitrogens with one attached hydrogen (secondary N) is 1. The number of ether oxygens (including phenoxy) is 2. The summed E-state index contributed by atoms with van der Waals surface area (Å²) in [7, 11) is 1.71. The summed E-state index contributed by atoms with van der Waals surface area (Å²) >= 11 is 0. The Balaban J connectivity index is 1.84. The molecule has 0 saturated carbocycles. The largest absolute Gasteiger partial charge is 0.496 e. The second-order valence-corrected chi connectivity index (χ2v) is 4.72. The molecule has 3 nitrogen and oxygen atoms in total. The maximum Gasteiger partial charge on any atom is 0.123 e. The Hall–Kier alpha value is -1.06. The molecule has 1 heterocycles. The summed E-state index contributed by atoms with van der Waals surface area (Å²) in [5, 5.41) is 3.46. The zero-order valence-electron chi connectivity index (χ0n) is 9.95. The van der Waals surface area contributed by atoms with Gasteiger partial charge >= 0.3 is 0 Å². The SMILES string of the molecule is COc1ccccc1CNCC1(C)COC1. The summed E-state index contributed by atoms with van der Waals surface area (Å²) in [6.07, 6.45) is 0. The van der Waals surface area contributed by atoms with E-state index >= 15 is 0 Å². The number of methoxy groups -OCH3 is 1. The average Bonchev–Trinajstić information content (AvgIpc) is 2.27. The average molecular weight is 221 g/mol. The van der Waals surface area contributed by atoms with Crippen molar-refractivity contribution < 1.29 is 9.47 Å². The van der Waals surface area contributed by atoms with E-state index in [4.69, 9.17) is 9.47 Å². The standard InChI is InChI=1S/C13H19NO2/c1-13(9-16-10-13)8-14-7-11-5-3-4-6-12(11)15-2/h3-6,14H,7-10H2,1-2H3. The van der Waals surface area contributed by atoms with Gasteiger partial charge in [-0.3, -0.25) is 0 Å². The number of rotatable bonds is 5. The van der Waals surface area contributed by atoms with E-state index in [0.717, 1.165) is 32.1 Å². The second kappa shape index (κ2) is 4.85. The Kier molecular flexibility index (Phi) is 3.46. The Morgan fingerprint density at radius 2 is 2.12 bits per heavy atom. The van der Waals surface area contributed by atoms with Crippen LogP contribution in [-0.2, 0) is 11.3 Å². The third-order valence-electron chi connectivity index (χ3n) is 2.96. The Morgan fingerprint density at radius 3 is 2.75 bits per heavy atom. The monoisotopic (exact) mass is 221 g/mol. The lowest BCUT2D eigenvalue weighted by atomic mass is 9.89. The van der Waals surface area contributed by atoms with Crippen LogP contribution in [0, 0.1) is 5.41 Å². The third kappa shape index (κ3) is 2.54. The predicted octanol–water partition coefficient (Wildman–Crippen LogP) is 1.82. The zero-order valence-corrected chi connectivity index (χ0v) is 9.95. The molecule has 1 aromatic rings. The first-order chi connectivity index (χ1) is 7.73. The molecule has 0 amide bonds. The number of hydrogen-bond donors (Lipinski definition) is 1. The van der Waals surface area contributed by atoms with Crippen molar-refractivity contribution in [3.63, 3.8) is 0 Å². The first-order valence-corrected chi connectivity index (χ1v) is 5.64. The van der Waals surface area contributed by atoms with Crippen molar-refractivity contribution in [1.82, 2.24) is 5.32 Å². The summed E-state index contributed by atoms with van der Waals surface area (Å²) in [5.74, 6) is 0.949. The van der Waals surface area contributed by atoms with Crippen LogP contribution in [0.1, 0.15) is 12.5 Å².